The third-order valence-corrected chi connectivity index (χ3v) is 7.63. The predicted octanol–water partition coefficient (Wildman–Crippen LogP) is 6.42. The number of aryl methyl sites for hydroxylation is 2. The summed E-state index contributed by atoms with van der Waals surface area (Å²) in [5, 5.41) is 8.87. The molecule has 0 fully saturated rings. The standard InChI is InChI=1S/C30H26FN3O2S/c1-20-8-9-21(2)26(18-20)27(19-37(35)25-16-14-24(36-3)15-17-25)30(22-10-12-23(31)13-11-22)34-29-7-5-4-6-28(29)32-33-34/h4-18H,19H2,1-3H3/b30-27-. The van der Waals surface area contributed by atoms with Gasteiger partial charge in [-0.2, -0.15) is 0 Å². The molecule has 1 heterocycles. The van der Waals surface area contributed by atoms with Crippen LogP contribution in [0.15, 0.2) is 95.9 Å². The van der Waals surface area contributed by atoms with E-state index in [9.17, 15) is 8.60 Å². The maximum atomic E-state index is 14.0. The molecule has 0 amide bonds. The molecule has 37 heavy (non-hydrogen) atoms. The Bertz CT molecular complexity index is 1620. The molecule has 7 heteroatoms. The van der Waals surface area contributed by atoms with E-state index in [0.717, 1.165) is 38.9 Å². The molecule has 0 bridgehead atoms. The number of hydrogen-bond acceptors (Lipinski definition) is 4. The summed E-state index contributed by atoms with van der Waals surface area (Å²) in [5.41, 5.74) is 6.91. The van der Waals surface area contributed by atoms with Gasteiger partial charge in [-0.25, -0.2) is 9.07 Å². The summed E-state index contributed by atoms with van der Waals surface area (Å²) in [4.78, 5) is 0.686. The highest BCUT2D eigenvalue weighted by Crippen LogP contribution is 2.34. The number of methoxy groups -OCH3 is 1. The van der Waals surface area contributed by atoms with Crippen LogP contribution in [0.5, 0.6) is 5.75 Å². The quantitative estimate of drug-likeness (QED) is 0.237. The minimum atomic E-state index is -1.38. The molecule has 1 unspecified atom stereocenters. The first-order valence-corrected chi connectivity index (χ1v) is 13.2. The first-order chi connectivity index (χ1) is 17.9. The summed E-state index contributed by atoms with van der Waals surface area (Å²) >= 11 is 0. The van der Waals surface area contributed by atoms with Crippen LogP contribution in [-0.2, 0) is 10.8 Å². The van der Waals surface area contributed by atoms with Gasteiger partial charge < -0.3 is 4.74 Å². The number of aromatic nitrogens is 3. The van der Waals surface area contributed by atoms with Crippen LogP contribution in [0.25, 0.3) is 22.3 Å². The lowest BCUT2D eigenvalue weighted by Crippen LogP contribution is -2.11. The number of hydrogen-bond donors (Lipinski definition) is 0. The van der Waals surface area contributed by atoms with Gasteiger partial charge in [-0.15, -0.1) is 5.10 Å². The van der Waals surface area contributed by atoms with Crippen LogP contribution in [0, 0.1) is 19.7 Å². The van der Waals surface area contributed by atoms with Gasteiger partial charge in [0.25, 0.3) is 0 Å². The molecule has 0 aliphatic carbocycles. The molecule has 5 rings (SSSR count). The van der Waals surface area contributed by atoms with E-state index in [4.69, 9.17) is 4.74 Å². The number of para-hydroxylation sites is 1. The minimum Gasteiger partial charge on any atom is -0.497 e. The minimum absolute atomic E-state index is 0.220. The van der Waals surface area contributed by atoms with Crippen LogP contribution in [0.1, 0.15) is 22.3 Å². The van der Waals surface area contributed by atoms with E-state index in [1.165, 1.54) is 12.1 Å². The maximum Gasteiger partial charge on any atom is 0.123 e. The number of halogens is 1. The van der Waals surface area contributed by atoms with E-state index in [0.29, 0.717) is 16.3 Å². The number of fused-ring (bicyclic) bond motifs is 1. The van der Waals surface area contributed by atoms with Crippen molar-refractivity contribution in [2.45, 2.75) is 18.7 Å². The lowest BCUT2D eigenvalue weighted by molar-refractivity contribution is 0.414. The van der Waals surface area contributed by atoms with Crippen molar-refractivity contribution in [2.75, 3.05) is 12.9 Å². The number of nitrogens with zero attached hydrogens (tertiary/aromatic N) is 3. The molecule has 1 atom stereocenters. The normalized spacial score (nSPS) is 12.9. The second kappa shape index (κ2) is 10.5. The zero-order chi connectivity index (χ0) is 25.9. The van der Waals surface area contributed by atoms with Gasteiger partial charge in [0.15, 0.2) is 0 Å². The van der Waals surface area contributed by atoms with Gasteiger partial charge in [-0.3, -0.25) is 4.21 Å². The second-order valence-corrected chi connectivity index (χ2v) is 10.3. The van der Waals surface area contributed by atoms with Crippen LogP contribution in [0.3, 0.4) is 0 Å². The number of ether oxygens (including phenoxy) is 1. The molecule has 0 radical (unpaired) electrons. The van der Waals surface area contributed by atoms with Crippen molar-refractivity contribution in [1.82, 2.24) is 15.0 Å². The van der Waals surface area contributed by atoms with Gasteiger partial charge in [0, 0.05) is 10.5 Å². The summed E-state index contributed by atoms with van der Waals surface area (Å²) in [5.74, 6) is 0.589. The molecule has 0 saturated carbocycles. The van der Waals surface area contributed by atoms with Gasteiger partial charge in [0.2, 0.25) is 0 Å². The highest BCUT2D eigenvalue weighted by atomic mass is 32.2. The van der Waals surface area contributed by atoms with Crippen LogP contribution in [-0.4, -0.2) is 32.1 Å². The Morgan fingerprint density at radius 1 is 0.946 bits per heavy atom. The highest BCUT2D eigenvalue weighted by Gasteiger charge is 2.22. The lowest BCUT2D eigenvalue weighted by Gasteiger charge is -2.19. The topological polar surface area (TPSA) is 57.0 Å². The van der Waals surface area contributed by atoms with Crippen LogP contribution >= 0.6 is 0 Å². The summed E-state index contributed by atoms with van der Waals surface area (Å²) in [6, 6.07) is 27.4. The van der Waals surface area contributed by atoms with Crippen molar-refractivity contribution in [2.24, 2.45) is 0 Å². The smallest absolute Gasteiger partial charge is 0.123 e. The molecule has 0 N–H and O–H groups in total. The van der Waals surface area contributed by atoms with Gasteiger partial charge in [-0.05, 0) is 91.2 Å². The maximum absolute atomic E-state index is 14.0. The van der Waals surface area contributed by atoms with E-state index < -0.39 is 10.8 Å². The number of benzene rings is 4. The summed E-state index contributed by atoms with van der Waals surface area (Å²) in [7, 11) is 0.220. The third kappa shape index (κ3) is 5.08. The average molecular weight is 512 g/mol. The van der Waals surface area contributed by atoms with E-state index in [-0.39, 0.29) is 11.6 Å². The van der Waals surface area contributed by atoms with Gasteiger partial charge in [-0.1, -0.05) is 41.1 Å². The Hall–Kier alpha value is -4.10. The number of rotatable bonds is 7. The lowest BCUT2D eigenvalue weighted by atomic mass is 9.95. The molecule has 186 valence electrons. The third-order valence-electron chi connectivity index (χ3n) is 6.28. The van der Waals surface area contributed by atoms with Crippen molar-refractivity contribution >= 4 is 33.1 Å². The van der Waals surface area contributed by atoms with Gasteiger partial charge in [0.1, 0.15) is 17.1 Å². The largest absolute Gasteiger partial charge is 0.497 e. The van der Waals surface area contributed by atoms with E-state index in [1.807, 2.05) is 50.2 Å². The van der Waals surface area contributed by atoms with E-state index >= 15 is 0 Å². The van der Waals surface area contributed by atoms with Crippen LogP contribution in [0.2, 0.25) is 0 Å². The van der Waals surface area contributed by atoms with Crippen molar-refractivity contribution in [3.8, 4) is 5.75 Å². The molecular formula is C30H26FN3O2S. The molecular weight excluding hydrogens is 485 g/mol. The fraction of sp³-hybridized carbons (Fsp3) is 0.133. The summed E-state index contributed by atoms with van der Waals surface area (Å²) in [6.45, 7) is 4.07. The molecule has 0 saturated heterocycles. The Labute approximate surface area is 217 Å². The molecule has 5 nitrogen and oxygen atoms in total. The average Bonchev–Trinajstić information content (AvgIpc) is 3.34. The molecule has 4 aromatic carbocycles. The van der Waals surface area contributed by atoms with E-state index in [2.05, 4.69) is 28.5 Å². The zero-order valence-corrected chi connectivity index (χ0v) is 21.6. The molecule has 0 aliphatic heterocycles. The molecule has 1 aromatic heterocycles. The Morgan fingerprint density at radius 3 is 2.41 bits per heavy atom. The monoisotopic (exact) mass is 511 g/mol. The van der Waals surface area contributed by atoms with Crippen molar-refractivity contribution in [3.05, 3.63) is 119 Å². The van der Waals surface area contributed by atoms with Gasteiger partial charge >= 0.3 is 0 Å². The predicted molar refractivity (Wildman–Crippen MR) is 146 cm³/mol. The highest BCUT2D eigenvalue weighted by molar-refractivity contribution is 7.85. The first kappa shape index (κ1) is 24.6. The SMILES string of the molecule is COc1ccc(S(=O)C/C(=C(\c2ccc(F)cc2)n2nnc3ccccc32)c2cc(C)ccc2C)cc1. The Kier molecular flexibility index (Phi) is 6.97. The van der Waals surface area contributed by atoms with Crippen LogP contribution in [0.4, 0.5) is 4.39 Å². The first-order valence-electron chi connectivity index (χ1n) is 11.8. The Morgan fingerprint density at radius 2 is 1.68 bits per heavy atom. The zero-order valence-electron chi connectivity index (χ0n) is 20.8. The van der Waals surface area contributed by atoms with Crippen molar-refractivity contribution in [3.63, 3.8) is 0 Å². The molecule has 5 aromatic rings. The van der Waals surface area contributed by atoms with E-state index in [1.54, 1.807) is 36.1 Å². The fourth-order valence-electron chi connectivity index (χ4n) is 4.34. The van der Waals surface area contributed by atoms with Crippen molar-refractivity contribution in [1.29, 1.82) is 0 Å². The van der Waals surface area contributed by atoms with Crippen molar-refractivity contribution < 1.29 is 13.3 Å². The van der Waals surface area contributed by atoms with Crippen LogP contribution < -0.4 is 4.74 Å². The molecule has 0 spiro atoms. The second-order valence-electron chi connectivity index (χ2n) is 8.81. The van der Waals surface area contributed by atoms with Gasteiger partial charge in [0.05, 0.1) is 34.9 Å². The Balaban J connectivity index is 1.79. The summed E-state index contributed by atoms with van der Waals surface area (Å²) in [6.07, 6.45) is 0. The summed E-state index contributed by atoms with van der Waals surface area (Å²) < 4.78 is 34.8. The fourth-order valence-corrected chi connectivity index (χ4v) is 5.50. The molecule has 0 aliphatic rings.